The van der Waals surface area contributed by atoms with Gasteiger partial charge in [0.15, 0.2) is 6.10 Å². The monoisotopic (exact) mass is 367 g/mol. The van der Waals surface area contributed by atoms with Crippen molar-refractivity contribution in [3.8, 4) is 11.8 Å². The number of nitro groups is 1. The van der Waals surface area contributed by atoms with E-state index in [4.69, 9.17) is 9.15 Å². The van der Waals surface area contributed by atoms with E-state index in [-0.39, 0.29) is 12.2 Å². The minimum absolute atomic E-state index is 0.257. The van der Waals surface area contributed by atoms with Crippen molar-refractivity contribution in [1.82, 2.24) is 0 Å². The Bertz CT molecular complexity index is 703. The van der Waals surface area contributed by atoms with E-state index in [0.717, 1.165) is 12.1 Å². The van der Waals surface area contributed by atoms with E-state index in [9.17, 15) is 25.1 Å². The molecule has 2 unspecified atom stereocenters. The van der Waals surface area contributed by atoms with Crippen LogP contribution in [0.4, 0.5) is 5.88 Å². The predicted octanol–water partition coefficient (Wildman–Crippen LogP) is 2.67. The molecule has 1 aromatic heterocycles. The highest BCUT2D eigenvalue weighted by Gasteiger charge is 2.37. The lowest BCUT2D eigenvalue weighted by molar-refractivity contribution is -0.402. The summed E-state index contributed by atoms with van der Waals surface area (Å²) in [5.74, 6) is 3.54. The molecule has 0 spiro atoms. The summed E-state index contributed by atoms with van der Waals surface area (Å²) < 4.78 is 10.2. The summed E-state index contributed by atoms with van der Waals surface area (Å²) in [5.41, 5.74) is -1.80. The van der Waals surface area contributed by atoms with Gasteiger partial charge in [0.05, 0.1) is 11.7 Å². The van der Waals surface area contributed by atoms with Crippen molar-refractivity contribution in [3.63, 3.8) is 0 Å². The number of ether oxygens (including phenoxy) is 1. The van der Waals surface area contributed by atoms with Crippen LogP contribution in [0.5, 0.6) is 0 Å². The van der Waals surface area contributed by atoms with Crippen molar-refractivity contribution >= 4 is 11.9 Å². The Balaban J connectivity index is 3.08. The molecule has 1 heterocycles. The van der Waals surface area contributed by atoms with Gasteiger partial charge in [0.1, 0.15) is 11.0 Å². The van der Waals surface area contributed by atoms with Crippen molar-refractivity contribution in [2.24, 2.45) is 5.41 Å². The smallest absolute Gasteiger partial charge is 0.433 e. The fourth-order valence-corrected chi connectivity index (χ4v) is 2.57. The van der Waals surface area contributed by atoms with Gasteiger partial charge in [-0.05, 0) is 32.8 Å². The summed E-state index contributed by atoms with van der Waals surface area (Å²) in [7, 11) is 0. The van der Waals surface area contributed by atoms with Crippen LogP contribution < -0.4 is 0 Å². The second kappa shape index (κ2) is 8.34. The van der Waals surface area contributed by atoms with E-state index in [1.54, 1.807) is 34.6 Å². The van der Waals surface area contributed by atoms with E-state index < -0.39 is 40.0 Å². The van der Waals surface area contributed by atoms with E-state index in [1.165, 1.54) is 0 Å². The van der Waals surface area contributed by atoms with Gasteiger partial charge in [0.25, 0.3) is 0 Å². The summed E-state index contributed by atoms with van der Waals surface area (Å²) in [6, 6.07) is 2.20. The van der Waals surface area contributed by atoms with Crippen molar-refractivity contribution in [1.29, 1.82) is 0 Å². The highest BCUT2D eigenvalue weighted by Crippen LogP contribution is 2.33. The molecule has 8 heteroatoms. The average Bonchev–Trinajstić information content (AvgIpc) is 2.98. The molecule has 26 heavy (non-hydrogen) atoms. The normalized spacial score (nSPS) is 14.1. The third-order valence-corrected chi connectivity index (χ3v) is 3.56. The fourth-order valence-electron chi connectivity index (χ4n) is 2.57. The van der Waals surface area contributed by atoms with Gasteiger partial charge in [0.2, 0.25) is 5.76 Å². The van der Waals surface area contributed by atoms with Crippen LogP contribution in [0.1, 0.15) is 58.0 Å². The Hall–Kier alpha value is -2.37. The molecule has 0 aliphatic heterocycles. The molecule has 144 valence electrons. The van der Waals surface area contributed by atoms with Gasteiger partial charge in [-0.3, -0.25) is 10.1 Å². The number of rotatable bonds is 7. The standard InChI is InChI=1S/C18H25NO7/c1-6-12(20)7-9-14(17(2,3)11-18(4,5)22)26-16(21)13-8-10-15(25-13)19(23)24/h8,10,12,14,20,22H,6,11H2,1-5H3. The maximum Gasteiger partial charge on any atom is 0.433 e. The summed E-state index contributed by atoms with van der Waals surface area (Å²) in [6.45, 7) is 8.53. The van der Waals surface area contributed by atoms with Crippen molar-refractivity contribution in [3.05, 3.63) is 28.0 Å². The lowest BCUT2D eigenvalue weighted by atomic mass is 9.77. The van der Waals surface area contributed by atoms with Crippen LogP contribution in [0, 0.1) is 27.4 Å². The Morgan fingerprint density at radius 1 is 1.35 bits per heavy atom. The second-order valence-corrected chi connectivity index (χ2v) is 7.37. The number of hydrogen-bond donors (Lipinski definition) is 2. The van der Waals surface area contributed by atoms with Gasteiger partial charge in [0, 0.05) is 5.41 Å². The number of aliphatic hydroxyl groups is 2. The number of hydrogen-bond acceptors (Lipinski definition) is 7. The van der Waals surface area contributed by atoms with Crippen LogP contribution in [-0.4, -0.2) is 38.9 Å². The first-order chi connectivity index (χ1) is 11.9. The Morgan fingerprint density at radius 3 is 2.42 bits per heavy atom. The Morgan fingerprint density at radius 2 is 1.96 bits per heavy atom. The van der Waals surface area contributed by atoms with Crippen molar-refractivity contribution in [2.45, 2.75) is 65.3 Å². The number of carbonyl (C=O) groups excluding carboxylic acids is 1. The molecule has 0 bridgehead atoms. The molecular formula is C18H25NO7. The molecule has 1 rings (SSSR count). The third-order valence-electron chi connectivity index (χ3n) is 3.56. The first-order valence-corrected chi connectivity index (χ1v) is 8.22. The predicted molar refractivity (Wildman–Crippen MR) is 93.3 cm³/mol. The van der Waals surface area contributed by atoms with Crippen molar-refractivity contribution < 1.29 is 29.1 Å². The topological polar surface area (TPSA) is 123 Å². The fraction of sp³-hybridized carbons (Fsp3) is 0.611. The molecule has 2 N–H and O–H groups in total. The average molecular weight is 367 g/mol. The SMILES string of the molecule is CCC(O)C#CC(OC(=O)c1ccc([N+](=O)[O-])o1)C(C)(C)CC(C)(C)O. The van der Waals surface area contributed by atoms with Gasteiger partial charge in [-0.1, -0.05) is 32.6 Å². The van der Waals surface area contributed by atoms with E-state index in [1.807, 2.05) is 0 Å². The molecule has 0 saturated heterocycles. The van der Waals surface area contributed by atoms with Crippen molar-refractivity contribution in [2.75, 3.05) is 0 Å². The zero-order valence-electron chi connectivity index (χ0n) is 15.6. The highest BCUT2D eigenvalue weighted by molar-refractivity contribution is 5.87. The van der Waals surface area contributed by atoms with E-state index in [2.05, 4.69) is 11.8 Å². The maximum absolute atomic E-state index is 12.3. The zero-order valence-corrected chi connectivity index (χ0v) is 15.6. The van der Waals surface area contributed by atoms with Gasteiger partial charge in [-0.25, -0.2) is 4.79 Å². The molecule has 0 fully saturated rings. The molecule has 0 aliphatic carbocycles. The molecule has 1 aromatic rings. The minimum atomic E-state index is -1.04. The Kier molecular flexibility index (Phi) is 6.95. The maximum atomic E-state index is 12.3. The quantitative estimate of drug-likeness (QED) is 0.329. The van der Waals surface area contributed by atoms with E-state index in [0.29, 0.717) is 6.42 Å². The van der Waals surface area contributed by atoms with Crippen LogP contribution in [-0.2, 0) is 4.74 Å². The van der Waals surface area contributed by atoms with Gasteiger partial charge < -0.3 is 19.4 Å². The molecule has 0 saturated carbocycles. The van der Waals surface area contributed by atoms with Crippen LogP contribution in [0.15, 0.2) is 16.5 Å². The summed E-state index contributed by atoms with van der Waals surface area (Å²) in [5, 5.41) is 30.4. The van der Waals surface area contributed by atoms with E-state index >= 15 is 0 Å². The lowest BCUT2D eigenvalue weighted by Gasteiger charge is -2.35. The summed E-state index contributed by atoms with van der Waals surface area (Å²) in [4.78, 5) is 22.2. The molecule has 0 amide bonds. The first-order valence-electron chi connectivity index (χ1n) is 8.22. The number of furan rings is 1. The summed E-state index contributed by atoms with van der Waals surface area (Å²) >= 11 is 0. The molecule has 8 nitrogen and oxygen atoms in total. The third kappa shape index (κ3) is 6.50. The largest absolute Gasteiger partial charge is 0.443 e. The van der Waals surface area contributed by atoms with Crippen LogP contribution in [0.25, 0.3) is 0 Å². The van der Waals surface area contributed by atoms with Crippen LogP contribution >= 0.6 is 0 Å². The van der Waals surface area contributed by atoms with Gasteiger partial charge >= 0.3 is 11.9 Å². The molecule has 0 aromatic carbocycles. The molecular weight excluding hydrogens is 342 g/mol. The number of nitrogens with zero attached hydrogens (tertiary/aromatic N) is 1. The number of carbonyl (C=O) groups is 1. The molecule has 0 radical (unpaired) electrons. The second-order valence-electron chi connectivity index (χ2n) is 7.37. The molecule has 2 atom stereocenters. The number of esters is 1. The minimum Gasteiger partial charge on any atom is -0.443 e. The molecule has 0 aliphatic rings. The van der Waals surface area contributed by atoms with Gasteiger partial charge in [-0.2, -0.15) is 0 Å². The first kappa shape index (κ1) is 21.7. The van der Waals surface area contributed by atoms with Crippen LogP contribution in [0.3, 0.4) is 0 Å². The lowest BCUT2D eigenvalue weighted by Crippen LogP contribution is -2.39. The Labute approximate surface area is 152 Å². The number of aliphatic hydroxyl groups excluding tert-OH is 1. The zero-order chi connectivity index (χ0) is 20.1. The van der Waals surface area contributed by atoms with Gasteiger partial charge in [-0.15, -0.1) is 0 Å². The highest BCUT2D eigenvalue weighted by atomic mass is 16.7. The van der Waals surface area contributed by atoms with Crippen LogP contribution in [0.2, 0.25) is 0 Å². The summed E-state index contributed by atoms with van der Waals surface area (Å²) in [6.07, 6.45) is -1.18.